The lowest BCUT2D eigenvalue weighted by Crippen LogP contribution is -2.37. The molecule has 14 heavy (non-hydrogen) atoms. The molecule has 5 heteroatoms. The summed E-state index contributed by atoms with van der Waals surface area (Å²) in [7, 11) is 0. The molecule has 0 amide bonds. The molecule has 1 aliphatic rings. The van der Waals surface area contributed by atoms with E-state index in [1.165, 1.54) is 6.07 Å². The van der Waals surface area contributed by atoms with Crippen LogP contribution in [0.4, 0.5) is 4.39 Å². The highest BCUT2D eigenvalue weighted by Gasteiger charge is 2.53. The summed E-state index contributed by atoms with van der Waals surface area (Å²) in [6, 6.07) is 3.52. The first-order valence-electron chi connectivity index (χ1n) is 4.19. The van der Waals surface area contributed by atoms with Gasteiger partial charge in [0.25, 0.3) is 5.56 Å². The molecular weight excluding hydrogens is 189 g/mol. The summed E-state index contributed by atoms with van der Waals surface area (Å²) < 4.78 is 14.0. The maximum Gasteiger partial charge on any atom is 0.330 e. The van der Waals surface area contributed by atoms with Crippen LogP contribution in [-0.4, -0.2) is 15.6 Å². The minimum atomic E-state index is -1.33. The summed E-state index contributed by atoms with van der Waals surface area (Å²) in [4.78, 5) is 22.2. The summed E-state index contributed by atoms with van der Waals surface area (Å²) in [6.45, 7) is 0. The number of carboxylic acids is 1. The van der Waals surface area contributed by atoms with Crippen LogP contribution in [0.3, 0.4) is 0 Å². The number of pyridine rings is 1. The van der Waals surface area contributed by atoms with Crippen molar-refractivity contribution in [3.63, 3.8) is 0 Å². The molecule has 1 N–H and O–H groups in total. The van der Waals surface area contributed by atoms with Gasteiger partial charge < -0.3 is 5.11 Å². The standard InChI is InChI=1S/C9H8FNO3/c10-6-2-1-3-7(12)11(6)9(4-5-9)8(13)14/h1-3H,4-5H2,(H,13,14). The molecule has 0 aromatic carbocycles. The highest BCUT2D eigenvalue weighted by atomic mass is 19.1. The summed E-state index contributed by atoms with van der Waals surface area (Å²) in [5.74, 6) is -1.94. The summed E-state index contributed by atoms with van der Waals surface area (Å²) >= 11 is 0. The lowest BCUT2D eigenvalue weighted by atomic mass is 10.2. The molecule has 1 aliphatic carbocycles. The third-order valence-corrected chi connectivity index (χ3v) is 2.46. The van der Waals surface area contributed by atoms with Crippen molar-refractivity contribution < 1.29 is 14.3 Å². The van der Waals surface area contributed by atoms with E-state index in [9.17, 15) is 14.0 Å². The average Bonchev–Trinajstić information content (AvgIpc) is 2.85. The SMILES string of the molecule is O=C(O)C1(n2c(F)cccc2=O)CC1. The molecule has 1 heterocycles. The Morgan fingerprint density at radius 3 is 2.57 bits per heavy atom. The van der Waals surface area contributed by atoms with E-state index in [0.717, 1.165) is 16.7 Å². The van der Waals surface area contributed by atoms with Crippen molar-refractivity contribution in [3.8, 4) is 0 Å². The smallest absolute Gasteiger partial charge is 0.330 e. The highest BCUT2D eigenvalue weighted by molar-refractivity contribution is 5.80. The molecule has 4 nitrogen and oxygen atoms in total. The van der Waals surface area contributed by atoms with Crippen LogP contribution in [0.2, 0.25) is 0 Å². The van der Waals surface area contributed by atoms with Crippen molar-refractivity contribution in [2.75, 3.05) is 0 Å². The Labute approximate surface area is 78.6 Å². The predicted molar refractivity (Wildman–Crippen MR) is 45.5 cm³/mol. The molecule has 0 spiro atoms. The van der Waals surface area contributed by atoms with Gasteiger partial charge in [-0.3, -0.25) is 9.36 Å². The molecule has 1 aromatic heterocycles. The fourth-order valence-electron chi connectivity index (χ4n) is 1.53. The normalized spacial score (nSPS) is 17.8. The van der Waals surface area contributed by atoms with Crippen LogP contribution < -0.4 is 5.56 Å². The van der Waals surface area contributed by atoms with Gasteiger partial charge in [0.1, 0.15) is 5.54 Å². The number of carbonyl (C=O) groups is 1. The van der Waals surface area contributed by atoms with Gasteiger partial charge in [-0.05, 0) is 18.9 Å². The Hall–Kier alpha value is -1.65. The van der Waals surface area contributed by atoms with E-state index >= 15 is 0 Å². The van der Waals surface area contributed by atoms with Crippen molar-refractivity contribution in [2.45, 2.75) is 18.4 Å². The largest absolute Gasteiger partial charge is 0.479 e. The van der Waals surface area contributed by atoms with Crippen LogP contribution in [0.15, 0.2) is 23.0 Å². The molecule has 0 bridgehead atoms. The van der Waals surface area contributed by atoms with Crippen LogP contribution in [0, 0.1) is 5.95 Å². The van der Waals surface area contributed by atoms with E-state index in [2.05, 4.69) is 0 Å². The topological polar surface area (TPSA) is 59.3 Å². The summed E-state index contributed by atoms with van der Waals surface area (Å²) in [5.41, 5.74) is -1.94. The van der Waals surface area contributed by atoms with Gasteiger partial charge >= 0.3 is 5.97 Å². The molecule has 0 saturated heterocycles. The van der Waals surface area contributed by atoms with E-state index in [4.69, 9.17) is 5.11 Å². The van der Waals surface area contributed by atoms with E-state index in [1.807, 2.05) is 0 Å². The first kappa shape index (κ1) is 8.93. The summed E-state index contributed by atoms with van der Waals surface area (Å²) in [5, 5.41) is 8.88. The Morgan fingerprint density at radius 1 is 1.50 bits per heavy atom. The van der Waals surface area contributed by atoms with Crippen LogP contribution in [0.25, 0.3) is 0 Å². The van der Waals surface area contributed by atoms with Crippen LogP contribution in [0.5, 0.6) is 0 Å². The number of hydrogen-bond acceptors (Lipinski definition) is 2. The molecule has 0 atom stereocenters. The van der Waals surface area contributed by atoms with Gasteiger partial charge in [0.05, 0.1) is 0 Å². The fraction of sp³-hybridized carbons (Fsp3) is 0.333. The van der Waals surface area contributed by atoms with Crippen LogP contribution in [0.1, 0.15) is 12.8 Å². The van der Waals surface area contributed by atoms with Gasteiger partial charge in [-0.1, -0.05) is 6.07 Å². The van der Waals surface area contributed by atoms with Crippen molar-refractivity contribution >= 4 is 5.97 Å². The molecule has 74 valence electrons. The van der Waals surface area contributed by atoms with E-state index in [0.29, 0.717) is 12.8 Å². The molecule has 0 unspecified atom stereocenters. The highest BCUT2D eigenvalue weighted by Crippen LogP contribution is 2.43. The monoisotopic (exact) mass is 197 g/mol. The van der Waals surface area contributed by atoms with Gasteiger partial charge in [0.15, 0.2) is 5.95 Å². The van der Waals surface area contributed by atoms with Gasteiger partial charge in [-0.15, -0.1) is 0 Å². The molecular formula is C9H8FNO3. The number of aromatic nitrogens is 1. The summed E-state index contributed by atoms with van der Waals surface area (Å²) in [6.07, 6.45) is 0.617. The molecule has 1 aromatic rings. The van der Waals surface area contributed by atoms with Crippen LogP contribution in [-0.2, 0) is 10.3 Å². The van der Waals surface area contributed by atoms with E-state index in [1.54, 1.807) is 0 Å². The lowest BCUT2D eigenvalue weighted by molar-refractivity contribution is -0.142. The Kier molecular flexibility index (Phi) is 1.70. The zero-order valence-electron chi connectivity index (χ0n) is 7.24. The lowest BCUT2D eigenvalue weighted by Gasteiger charge is -2.13. The quantitative estimate of drug-likeness (QED) is 0.705. The van der Waals surface area contributed by atoms with Crippen molar-refractivity contribution in [1.29, 1.82) is 0 Å². The number of aliphatic carboxylic acids is 1. The third-order valence-electron chi connectivity index (χ3n) is 2.46. The van der Waals surface area contributed by atoms with Gasteiger partial charge in [0, 0.05) is 6.07 Å². The molecule has 0 radical (unpaired) electrons. The minimum absolute atomic E-state index is 0.309. The maximum atomic E-state index is 13.2. The number of halogens is 1. The Morgan fingerprint density at radius 2 is 2.14 bits per heavy atom. The van der Waals surface area contributed by atoms with Crippen molar-refractivity contribution in [2.24, 2.45) is 0 Å². The van der Waals surface area contributed by atoms with Crippen molar-refractivity contribution in [3.05, 3.63) is 34.5 Å². The zero-order chi connectivity index (χ0) is 10.3. The molecule has 2 rings (SSSR count). The molecule has 1 fully saturated rings. The van der Waals surface area contributed by atoms with Crippen LogP contribution >= 0.6 is 0 Å². The Balaban J connectivity index is 2.63. The second-order valence-electron chi connectivity index (χ2n) is 3.36. The first-order valence-corrected chi connectivity index (χ1v) is 4.19. The molecule has 0 aliphatic heterocycles. The zero-order valence-corrected chi connectivity index (χ0v) is 7.24. The average molecular weight is 197 g/mol. The van der Waals surface area contributed by atoms with Gasteiger partial charge in [0.2, 0.25) is 0 Å². The van der Waals surface area contributed by atoms with Gasteiger partial charge in [-0.25, -0.2) is 4.79 Å². The van der Waals surface area contributed by atoms with Gasteiger partial charge in [-0.2, -0.15) is 4.39 Å². The number of carboxylic acid groups (broad SMARTS) is 1. The fourth-order valence-corrected chi connectivity index (χ4v) is 1.53. The maximum absolute atomic E-state index is 13.2. The van der Waals surface area contributed by atoms with E-state index in [-0.39, 0.29) is 0 Å². The molecule has 1 saturated carbocycles. The minimum Gasteiger partial charge on any atom is -0.479 e. The second-order valence-corrected chi connectivity index (χ2v) is 3.36. The van der Waals surface area contributed by atoms with E-state index < -0.39 is 23.0 Å². The number of nitrogens with zero attached hydrogens (tertiary/aromatic N) is 1. The first-order chi connectivity index (χ1) is 6.58. The number of hydrogen-bond donors (Lipinski definition) is 1. The third kappa shape index (κ3) is 1.05. The Bertz CT molecular complexity index is 448. The second kappa shape index (κ2) is 2.67. The predicted octanol–water partition coefficient (Wildman–Crippen LogP) is 0.561. The number of rotatable bonds is 2. The van der Waals surface area contributed by atoms with Crippen molar-refractivity contribution in [1.82, 2.24) is 4.57 Å².